The smallest absolute Gasteiger partial charge is 0.331 e. The van der Waals surface area contributed by atoms with Crippen LogP contribution in [-0.2, 0) is 14.3 Å². The van der Waals surface area contributed by atoms with Gasteiger partial charge in [0.15, 0.2) is 0 Å². The van der Waals surface area contributed by atoms with E-state index in [2.05, 4.69) is 24.1 Å². The fourth-order valence-electron chi connectivity index (χ4n) is 2.20. The molecule has 6 heteroatoms. The summed E-state index contributed by atoms with van der Waals surface area (Å²) in [7, 11) is 0. The van der Waals surface area contributed by atoms with E-state index in [1.807, 2.05) is 45.0 Å². The standard InChI is InChI=1S/C23H31NO5/c1-5-6-7-8-11-18-12-9-10-13-20(18)28-17-19(16-24-23(2,3)4)29-22(27)15-14-21(25)26/h9-10,12-15,19,24H,5-7,16-17H2,1-4H3,(H,25,26). The van der Waals surface area contributed by atoms with Gasteiger partial charge in [-0.2, -0.15) is 0 Å². The molecule has 0 aliphatic heterocycles. The molecule has 1 rings (SSSR count). The topological polar surface area (TPSA) is 84.9 Å². The molecule has 2 N–H and O–H groups in total. The second kappa shape index (κ2) is 12.6. The van der Waals surface area contributed by atoms with E-state index >= 15 is 0 Å². The van der Waals surface area contributed by atoms with Gasteiger partial charge in [-0.3, -0.25) is 0 Å². The highest BCUT2D eigenvalue weighted by Gasteiger charge is 2.18. The van der Waals surface area contributed by atoms with Crippen molar-refractivity contribution in [2.75, 3.05) is 13.2 Å². The zero-order chi connectivity index (χ0) is 21.7. The third kappa shape index (κ3) is 11.6. The van der Waals surface area contributed by atoms with Crippen molar-refractivity contribution in [2.45, 2.75) is 58.6 Å². The summed E-state index contributed by atoms with van der Waals surface area (Å²) in [5.41, 5.74) is 0.604. The van der Waals surface area contributed by atoms with Crippen LogP contribution >= 0.6 is 0 Å². The number of carbonyl (C=O) groups excluding carboxylic acids is 1. The van der Waals surface area contributed by atoms with Crippen molar-refractivity contribution < 1.29 is 24.2 Å². The molecule has 0 saturated carbocycles. The van der Waals surface area contributed by atoms with Gasteiger partial charge in [0.2, 0.25) is 0 Å². The maximum absolute atomic E-state index is 11.9. The Hall–Kier alpha value is -2.78. The monoisotopic (exact) mass is 401 g/mol. The molecule has 0 aromatic heterocycles. The molecule has 6 nitrogen and oxygen atoms in total. The van der Waals surface area contributed by atoms with Gasteiger partial charge in [-0.05, 0) is 39.3 Å². The Morgan fingerprint density at radius 1 is 1.24 bits per heavy atom. The van der Waals surface area contributed by atoms with Crippen LogP contribution in [0.5, 0.6) is 5.75 Å². The second-order valence-electron chi connectivity index (χ2n) is 7.57. The van der Waals surface area contributed by atoms with Crippen molar-refractivity contribution in [3.8, 4) is 17.6 Å². The molecule has 1 atom stereocenters. The second-order valence-corrected chi connectivity index (χ2v) is 7.57. The number of para-hydroxylation sites is 1. The molecule has 0 spiro atoms. The molecule has 29 heavy (non-hydrogen) atoms. The summed E-state index contributed by atoms with van der Waals surface area (Å²) in [6.45, 7) is 8.59. The molecule has 0 radical (unpaired) electrons. The van der Waals surface area contributed by atoms with Gasteiger partial charge >= 0.3 is 11.9 Å². The third-order valence-corrected chi connectivity index (χ3v) is 3.70. The van der Waals surface area contributed by atoms with Crippen molar-refractivity contribution in [3.63, 3.8) is 0 Å². The van der Waals surface area contributed by atoms with Gasteiger partial charge in [0.05, 0.1) is 5.56 Å². The van der Waals surface area contributed by atoms with Crippen molar-refractivity contribution in [2.24, 2.45) is 0 Å². The summed E-state index contributed by atoms with van der Waals surface area (Å²) in [4.78, 5) is 22.5. The van der Waals surface area contributed by atoms with E-state index in [0.717, 1.165) is 37.0 Å². The Morgan fingerprint density at radius 3 is 2.62 bits per heavy atom. The van der Waals surface area contributed by atoms with Crippen LogP contribution < -0.4 is 10.1 Å². The summed E-state index contributed by atoms with van der Waals surface area (Å²) in [5, 5.41) is 11.9. The van der Waals surface area contributed by atoms with Crippen LogP contribution in [0.15, 0.2) is 36.4 Å². The number of unbranched alkanes of at least 4 members (excludes halogenated alkanes) is 2. The molecule has 1 aromatic carbocycles. The van der Waals surface area contributed by atoms with Crippen molar-refractivity contribution in [1.82, 2.24) is 5.32 Å². The number of nitrogens with one attached hydrogen (secondary N) is 1. The predicted octanol–water partition coefficient (Wildman–Crippen LogP) is 3.55. The molecule has 0 heterocycles. The third-order valence-electron chi connectivity index (χ3n) is 3.70. The van der Waals surface area contributed by atoms with Gasteiger partial charge in [0.25, 0.3) is 0 Å². The van der Waals surface area contributed by atoms with Crippen LogP contribution in [0.2, 0.25) is 0 Å². The van der Waals surface area contributed by atoms with Crippen molar-refractivity contribution in [1.29, 1.82) is 0 Å². The van der Waals surface area contributed by atoms with Crippen LogP contribution in [0.25, 0.3) is 0 Å². The minimum absolute atomic E-state index is 0.114. The Morgan fingerprint density at radius 2 is 1.97 bits per heavy atom. The highest BCUT2D eigenvalue weighted by atomic mass is 16.6. The molecular formula is C23H31NO5. The highest BCUT2D eigenvalue weighted by Crippen LogP contribution is 2.17. The van der Waals surface area contributed by atoms with Gasteiger partial charge in [-0.15, -0.1) is 0 Å². The largest absolute Gasteiger partial charge is 0.488 e. The lowest BCUT2D eigenvalue weighted by molar-refractivity contribution is -0.145. The minimum Gasteiger partial charge on any atom is -0.488 e. The zero-order valence-electron chi connectivity index (χ0n) is 17.7. The van der Waals surface area contributed by atoms with Crippen LogP contribution in [0.1, 0.15) is 52.5 Å². The summed E-state index contributed by atoms with van der Waals surface area (Å²) in [5.74, 6) is 4.95. The number of carboxylic acids is 1. The van der Waals surface area contributed by atoms with Crippen LogP contribution in [0, 0.1) is 11.8 Å². The Labute approximate surface area is 173 Å². The lowest BCUT2D eigenvalue weighted by Crippen LogP contribution is -2.44. The van der Waals surface area contributed by atoms with Crippen LogP contribution in [-0.4, -0.2) is 41.8 Å². The average molecular weight is 402 g/mol. The summed E-state index contributed by atoms with van der Waals surface area (Å²) in [6, 6.07) is 7.46. The zero-order valence-corrected chi connectivity index (χ0v) is 17.7. The number of carbonyl (C=O) groups is 2. The maximum atomic E-state index is 11.9. The van der Waals surface area contributed by atoms with Gasteiger partial charge < -0.3 is 19.9 Å². The molecule has 0 aliphatic carbocycles. The molecular weight excluding hydrogens is 370 g/mol. The first-order valence-electron chi connectivity index (χ1n) is 9.78. The van der Waals surface area contributed by atoms with Gasteiger partial charge in [-0.25, -0.2) is 9.59 Å². The first-order chi connectivity index (χ1) is 13.7. The molecule has 1 aromatic rings. The van der Waals surface area contributed by atoms with E-state index < -0.39 is 18.0 Å². The normalized spacial score (nSPS) is 12.1. The first kappa shape index (κ1) is 24.3. The Kier molecular flexibility index (Phi) is 10.6. The lowest BCUT2D eigenvalue weighted by Gasteiger charge is -2.25. The summed E-state index contributed by atoms with van der Waals surface area (Å²) in [6.07, 6.45) is 4.02. The number of rotatable bonds is 10. The SMILES string of the molecule is CCCCC#Cc1ccccc1OCC(CNC(C)(C)C)OC(=O)C=CC(=O)O. The number of hydrogen-bond donors (Lipinski definition) is 2. The van der Waals surface area contributed by atoms with E-state index in [9.17, 15) is 9.59 Å². The molecule has 0 bridgehead atoms. The molecule has 0 aliphatic rings. The molecule has 0 fully saturated rings. The van der Waals surface area contributed by atoms with Gasteiger partial charge in [0.1, 0.15) is 18.5 Å². The van der Waals surface area contributed by atoms with Crippen molar-refractivity contribution >= 4 is 11.9 Å². The van der Waals surface area contributed by atoms with E-state index in [0.29, 0.717) is 12.3 Å². The van der Waals surface area contributed by atoms with Gasteiger partial charge in [-0.1, -0.05) is 37.3 Å². The fraction of sp³-hybridized carbons (Fsp3) is 0.478. The van der Waals surface area contributed by atoms with Crippen LogP contribution in [0.3, 0.4) is 0 Å². The maximum Gasteiger partial charge on any atom is 0.331 e. The van der Waals surface area contributed by atoms with Gasteiger partial charge in [0, 0.05) is 30.7 Å². The first-order valence-corrected chi connectivity index (χ1v) is 9.78. The predicted molar refractivity (Wildman–Crippen MR) is 113 cm³/mol. The number of carboxylic acid groups (broad SMARTS) is 1. The van der Waals surface area contributed by atoms with E-state index in [1.165, 1.54) is 0 Å². The van der Waals surface area contributed by atoms with E-state index in [-0.39, 0.29) is 12.1 Å². The lowest BCUT2D eigenvalue weighted by atomic mass is 10.1. The quantitative estimate of drug-likeness (QED) is 0.270. The van der Waals surface area contributed by atoms with E-state index in [4.69, 9.17) is 14.6 Å². The Bertz CT molecular complexity index is 753. The molecule has 0 amide bonds. The minimum atomic E-state index is -1.21. The number of ether oxygens (including phenoxy) is 2. The number of aliphatic carboxylic acids is 1. The van der Waals surface area contributed by atoms with Crippen LogP contribution in [0.4, 0.5) is 0 Å². The Balaban J connectivity index is 2.81. The van der Waals surface area contributed by atoms with Crippen molar-refractivity contribution in [3.05, 3.63) is 42.0 Å². The summed E-state index contributed by atoms with van der Waals surface area (Å²) >= 11 is 0. The molecule has 0 saturated heterocycles. The number of benzene rings is 1. The molecule has 1 unspecified atom stereocenters. The number of hydrogen-bond acceptors (Lipinski definition) is 5. The highest BCUT2D eigenvalue weighted by molar-refractivity contribution is 5.90. The number of esters is 1. The fourth-order valence-corrected chi connectivity index (χ4v) is 2.20. The molecule has 158 valence electrons. The van der Waals surface area contributed by atoms with E-state index in [1.54, 1.807) is 0 Å². The summed E-state index contributed by atoms with van der Waals surface area (Å²) < 4.78 is 11.2. The average Bonchev–Trinajstić information content (AvgIpc) is 2.66.